The lowest BCUT2D eigenvalue weighted by molar-refractivity contribution is -0.161. The Kier molecular flexibility index (Phi) is 9.12. The maximum Gasteiger partial charge on any atom is 0.288 e. The van der Waals surface area contributed by atoms with Crippen molar-refractivity contribution in [3.05, 3.63) is 35.6 Å². The lowest BCUT2D eigenvalue weighted by Gasteiger charge is -2.31. The van der Waals surface area contributed by atoms with E-state index in [9.17, 15) is 4.79 Å². The topological polar surface area (TPSA) is 105 Å². The minimum absolute atomic E-state index is 0.0518. The van der Waals surface area contributed by atoms with Gasteiger partial charge < -0.3 is 43.2 Å². The van der Waals surface area contributed by atoms with Crippen molar-refractivity contribution < 1.29 is 43.1 Å². The van der Waals surface area contributed by atoms with Gasteiger partial charge in [0, 0.05) is 33.6 Å². The summed E-state index contributed by atoms with van der Waals surface area (Å²) in [6.45, 7) is 1.20. The number of rotatable bonds is 12. The Morgan fingerprint density at radius 2 is 1.97 bits per heavy atom. The zero-order valence-electron chi connectivity index (χ0n) is 18.7. The summed E-state index contributed by atoms with van der Waals surface area (Å²) in [5.74, 6) is 1.12. The number of carbonyl (C=O) groups excluding carboxylic acids is 1. The van der Waals surface area contributed by atoms with Crippen LogP contribution in [0.25, 0.3) is 0 Å². The Morgan fingerprint density at radius 1 is 1.19 bits per heavy atom. The van der Waals surface area contributed by atoms with Crippen molar-refractivity contribution in [1.29, 1.82) is 0 Å². The second kappa shape index (κ2) is 12.0. The van der Waals surface area contributed by atoms with Crippen molar-refractivity contribution in [2.45, 2.75) is 24.9 Å². The molecule has 0 saturated carbocycles. The van der Waals surface area contributed by atoms with Crippen molar-refractivity contribution in [1.82, 2.24) is 4.90 Å². The first kappa shape index (κ1) is 24.3. The first-order valence-corrected chi connectivity index (χ1v) is 10.4. The van der Waals surface area contributed by atoms with Gasteiger partial charge in [0.05, 0.1) is 33.0 Å². The fraction of sp³-hybridized carbons (Fsp3) is 0.591. The van der Waals surface area contributed by atoms with Gasteiger partial charge in [-0.2, -0.15) is 0 Å². The molecule has 3 rings (SSSR count). The number of aliphatic hydroxyl groups excluding tert-OH is 1. The average molecular weight is 453 g/mol. The SMILES string of the molecule is COC(CN(C)C(=O)C1=CC(c2ccc3c(c2)OCO3)CC(OCCOCCO)O1)OC. The van der Waals surface area contributed by atoms with Crippen LogP contribution in [0.3, 0.4) is 0 Å². The lowest BCUT2D eigenvalue weighted by Crippen LogP contribution is -2.39. The molecule has 1 amide bonds. The molecule has 0 saturated heterocycles. The van der Waals surface area contributed by atoms with Gasteiger partial charge in [-0.05, 0) is 23.8 Å². The molecule has 2 heterocycles. The normalized spacial score (nSPS) is 19.6. The van der Waals surface area contributed by atoms with Crippen molar-refractivity contribution in [2.24, 2.45) is 0 Å². The summed E-state index contributed by atoms with van der Waals surface area (Å²) >= 11 is 0. The van der Waals surface area contributed by atoms with Gasteiger partial charge in [0.2, 0.25) is 13.1 Å². The molecular formula is C22H31NO9. The van der Waals surface area contributed by atoms with Crippen LogP contribution in [0.2, 0.25) is 0 Å². The third-order valence-corrected chi connectivity index (χ3v) is 5.16. The van der Waals surface area contributed by atoms with Crippen LogP contribution in [0.15, 0.2) is 30.0 Å². The summed E-state index contributed by atoms with van der Waals surface area (Å²) in [6, 6.07) is 5.71. The van der Waals surface area contributed by atoms with Crippen LogP contribution in [0.5, 0.6) is 11.5 Å². The van der Waals surface area contributed by atoms with Gasteiger partial charge in [-0.15, -0.1) is 0 Å². The van der Waals surface area contributed by atoms with E-state index in [2.05, 4.69) is 0 Å². The summed E-state index contributed by atoms with van der Waals surface area (Å²) in [4.78, 5) is 14.5. The molecule has 2 unspecified atom stereocenters. The zero-order valence-corrected chi connectivity index (χ0v) is 18.7. The Balaban J connectivity index is 1.74. The van der Waals surface area contributed by atoms with Crippen molar-refractivity contribution in [3.63, 3.8) is 0 Å². The van der Waals surface area contributed by atoms with Gasteiger partial charge in [0.1, 0.15) is 0 Å². The standard InChI is InChI=1S/C22H31NO9/c1-23(13-21(26-2)27-3)22(25)19-11-16(12-20(32-19)29-9-8-28-7-6-24)15-4-5-17-18(10-15)31-14-30-17/h4-5,10-11,16,20-21,24H,6-9,12-14H2,1-3H3. The number of amides is 1. The molecular weight excluding hydrogens is 422 g/mol. The fourth-order valence-corrected chi connectivity index (χ4v) is 3.43. The Bertz CT molecular complexity index is 781. The average Bonchev–Trinajstić information content (AvgIpc) is 3.29. The number of hydrogen-bond acceptors (Lipinski definition) is 9. The highest BCUT2D eigenvalue weighted by Gasteiger charge is 2.31. The molecule has 1 aromatic rings. The van der Waals surface area contributed by atoms with E-state index in [0.29, 0.717) is 24.5 Å². The molecule has 0 aromatic heterocycles. The van der Waals surface area contributed by atoms with Crippen LogP contribution in [-0.2, 0) is 28.5 Å². The van der Waals surface area contributed by atoms with Gasteiger partial charge >= 0.3 is 0 Å². The van der Waals surface area contributed by atoms with E-state index in [1.165, 1.54) is 19.1 Å². The van der Waals surface area contributed by atoms with E-state index in [-0.39, 0.29) is 50.7 Å². The Labute approximate surface area is 187 Å². The quantitative estimate of drug-likeness (QED) is 0.370. The summed E-state index contributed by atoms with van der Waals surface area (Å²) < 4.78 is 38.2. The highest BCUT2D eigenvalue weighted by molar-refractivity contribution is 5.91. The van der Waals surface area contributed by atoms with Crippen LogP contribution in [0.4, 0.5) is 0 Å². The minimum atomic E-state index is -0.638. The summed E-state index contributed by atoms with van der Waals surface area (Å²) in [5.41, 5.74) is 0.960. The third kappa shape index (κ3) is 6.33. The van der Waals surface area contributed by atoms with Crippen molar-refractivity contribution in [2.75, 3.05) is 61.0 Å². The molecule has 2 aliphatic heterocycles. The fourth-order valence-electron chi connectivity index (χ4n) is 3.43. The highest BCUT2D eigenvalue weighted by atomic mass is 16.7. The van der Waals surface area contributed by atoms with Crippen molar-refractivity contribution in [3.8, 4) is 11.5 Å². The molecule has 2 atom stereocenters. The van der Waals surface area contributed by atoms with E-state index in [1.807, 2.05) is 18.2 Å². The molecule has 1 N–H and O–H groups in total. The molecule has 0 fully saturated rings. The number of aliphatic hydroxyl groups is 1. The van der Waals surface area contributed by atoms with Crippen LogP contribution < -0.4 is 9.47 Å². The van der Waals surface area contributed by atoms with E-state index in [0.717, 1.165) is 5.56 Å². The molecule has 0 spiro atoms. The molecule has 0 bridgehead atoms. The molecule has 10 heteroatoms. The molecule has 0 radical (unpaired) electrons. The monoisotopic (exact) mass is 453 g/mol. The largest absolute Gasteiger partial charge is 0.459 e. The van der Waals surface area contributed by atoms with Crippen LogP contribution in [-0.4, -0.2) is 89.5 Å². The van der Waals surface area contributed by atoms with Crippen LogP contribution in [0.1, 0.15) is 17.9 Å². The molecule has 32 heavy (non-hydrogen) atoms. The summed E-state index contributed by atoms with van der Waals surface area (Å²) in [6.07, 6.45) is 1.13. The Hall–Kier alpha value is -2.37. The van der Waals surface area contributed by atoms with E-state index >= 15 is 0 Å². The van der Waals surface area contributed by atoms with Crippen molar-refractivity contribution >= 4 is 5.91 Å². The maximum atomic E-state index is 13.1. The molecule has 178 valence electrons. The third-order valence-electron chi connectivity index (χ3n) is 5.16. The Morgan fingerprint density at radius 3 is 2.72 bits per heavy atom. The molecule has 10 nitrogen and oxygen atoms in total. The number of benzene rings is 1. The number of methoxy groups -OCH3 is 2. The van der Waals surface area contributed by atoms with Gasteiger partial charge in [-0.1, -0.05) is 6.07 Å². The van der Waals surface area contributed by atoms with Gasteiger partial charge in [0.25, 0.3) is 5.91 Å². The number of nitrogens with zero attached hydrogens (tertiary/aromatic N) is 1. The predicted molar refractivity (Wildman–Crippen MR) is 112 cm³/mol. The lowest BCUT2D eigenvalue weighted by atomic mass is 9.92. The predicted octanol–water partition coefficient (Wildman–Crippen LogP) is 1.23. The molecule has 2 aliphatic rings. The van der Waals surface area contributed by atoms with Gasteiger partial charge in [-0.25, -0.2) is 0 Å². The van der Waals surface area contributed by atoms with Crippen LogP contribution >= 0.6 is 0 Å². The number of hydrogen-bond donors (Lipinski definition) is 1. The molecule has 1 aromatic carbocycles. The zero-order chi connectivity index (χ0) is 22.9. The number of allylic oxidation sites excluding steroid dienone is 1. The number of likely N-dealkylation sites (N-methyl/N-ethyl adjacent to an activating group) is 1. The van der Waals surface area contributed by atoms with E-state index in [1.54, 1.807) is 13.1 Å². The number of carbonyl (C=O) groups is 1. The number of fused-ring (bicyclic) bond motifs is 1. The van der Waals surface area contributed by atoms with Gasteiger partial charge in [-0.3, -0.25) is 4.79 Å². The first-order valence-electron chi connectivity index (χ1n) is 10.4. The first-order chi connectivity index (χ1) is 15.5. The molecule has 0 aliphatic carbocycles. The smallest absolute Gasteiger partial charge is 0.288 e. The highest BCUT2D eigenvalue weighted by Crippen LogP contribution is 2.38. The number of ether oxygens (including phenoxy) is 7. The van der Waals surface area contributed by atoms with E-state index in [4.69, 9.17) is 38.3 Å². The second-order valence-electron chi connectivity index (χ2n) is 7.33. The summed E-state index contributed by atoms with van der Waals surface area (Å²) in [5, 5.41) is 8.81. The second-order valence-corrected chi connectivity index (χ2v) is 7.33. The van der Waals surface area contributed by atoms with Crippen LogP contribution in [0, 0.1) is 0 Å². The van der Waals surface area contributed by atoms with E-state index < -0.39 is 12.6 Å². The maximum absolute atomic E-state index is 13.1. The minimum Gasteiger partial charge on any atom is -0.459 e. The van der Waals surface area contributed by atoms with Gasteiger partial charge in [0.15, 0.2) is 23.5 Å². The summed E-state index contributed by atoms with van der Waals surface area (Å²) in [7, 11) is 4.68.